The number of ether oxygens (including phenoxy) is 2. The Morgan fingerprint density at radius 2 is 0.582 bits per heavy atom. The fourth-order valence-electron chi connectivity index (χ4n) is 11.7. The number of carbonyl (C=O) groups is 2. The molecule has 0 aromatic carbocycles. The van der Waals surface area contributed by atoms with E-state index in [2.05, 4.69) is 135 Å². The van der Waals surface area contributed by atoms with Crippen molar-refractivity contribution in [2.75, 3.05) is 47.5 Å². The summed E-state index contributed by atoms with van der Waals surface area (Å²) in [5, 5.41) is 0. The zero-order valence-electron chi connectivity index (χ0n) is 64.7. The molecule has 10 heteroatoms. The zero-order valence-corrected chi connectivity index (χ0v) is 65.6. The molecule has 0 aromatic heterocycles. The topological polar surface area (TPSA) is 111 Å². The van der Waals surface area contributed by atoms with Gasteiger partial charge in [-0.15, -0.1) is 0 Å². The summed E-state index contributed by atoms with van der Waals surface area (Å²) in [5.41, 5.74) is 0. The number of quaternary nitrogens is 1. The predicted molar refractivity (Wildman–Crippen MR) is 425 cm³/mol. The van der Waals surface area contributed by atoms with Crippen molar-refractivity contribution in [3.63, 3.8) is 0 Å². The van der Waals surface area contributed by atoms with Crippen molar-refractivity contribution in [3.8, 4) is 0 Å². The molecule has 0 aliphatic heterocycles. The minimum absolute atomic E-state index is 0.0332. The van der Waals surface area contributed by atoms with Crippen LogP contribution in [0.3, 0.4) is 0 Å². The average molecular weight is 1390 g/mol. The predicted octanol–water partition coefficient (Wildman–Crippen LogP) is 27.1. The monoisotopic (exact) mass is 1390 g/mol. The molecule has 0 N–H and O–H groups in total. The van der Waals surface area contributed by atoms with Crippen molar-refractivity contribution in [1.82, 2.24) is 0 Å². The van der Waals surface area contributed by atoms with Gasteiger partial charge >= 0.3 is 11.9 Å². The molecule has 0 saturated carbocycles. The van der Waals surface area contributed by atoms with Gasteiger partial charge in [0.05, 0.1) is 27.7 Å². The molecular weight excluding hydrogens is 1230 g/mol. The van der Waals surface area contributed by atoms with Gasteiger partial charge in [-0.25, -0.2) is 0 Å². The number of nitrogens with zero attached hydrogens (tertiary/aromatic N) is 1. The second kappa shape index (κ2) is 77.6. The average Bonchev–Trinajstić information content (AvgIpc) is 1.08. The van der Waals surface area contributed by atoms with Crippen molar-refractivity contribution in [2.45, 2.75) is 380 Å². The van der Waals surface area contributed by atoms with Crippen LogP contribution in [0.2, 0.25) is 0 Å². The third-order valence-electron chi connectivity index (χ3n) is 18.0. The Morgan fingerprint density at radius 1 is 0.327 bits per heavy atom. The lowest BCUT2D eigenvalue weighted by molar-refractivity contribution is -0.870. The molecule has 0 aliphatic carbocycles. The molecule has 2 atom stereocenters. The third-order valence-corrected chi connectivity index (χ3v) is 18.9. The third kappa shape index (κ3) is 81.4. The Bertz CT molecular complexity index is 2070. The minimum Gasteiger partial charge on any atom is -0.756 e. The summed E-state index contributed by atoms with van der Waals surface area (Å²) in [6.07, 6.45) is 112. The van der Waals surface area contributed by atoms with Crippen LogP contribution in [0.25, 0.3) is 0 Å². The Balaban J connectivity index is 3.97. The summed E-state index contributed by atoms with van der Waals surface area (Å²) >= 11 is 0. The molecule has 0 radical (unpaired) electrons. The SMILES string of the molecule is CC/C=C\C/C=C\C/C=C\C/C=C\C/C=C\C/C=C\C/C=C\C/C=C\C/C=C\CCCCCCCCCCCCCCCC(=O)OC(COC(=O)CCCCCCCCCCCCCCCCCCCCCCC/C=C\CCCCCCCCCC)COP(=O)([O-])OCC[N+](C)(C)C. The number of phosphoric ester groups is 1. The van der Waals surface area contributed by atoms with E-state index in [0.717, 1.165) is 96.3 Å². The molecule has 0 fully saturated rings. The van der Waals surface area contributed by atoms with Crippen LogP contribution in [0.15, 0.2) is 122 Å². The molecule has 0 rings (SSSR count). The number of likely N-dealkylation sites (N-methyl/N-ethyl adjacent to an activating group) is 1. The molecule has 98 heavy (non-hydrogen) atoms. The summed E-state index contributed by atoms with van der Waals surface area (Å²) in [6.45, 7) is 4.17. The van der Waals surface area contributed by atoms with Gasteiger partial charge in [-0.1, -0.05) is 373 Å². The van der Waals surface area contributed by atoms with E-state index in [1.807, 2.05) is 21.1 Å². The molecule has 9 nitrogen and oxygen atoms in total. The van der Waals surface area contributed by atoms with Gasteiger partial charge in [-0.3, -0.25) is 14.2 Å². The Morgan fingerprint density at radius 3 is 0.878 bits per heavy atom. The van der Waals surface area contributed by atoms with Crippen molar-refractivity contribution in [1.29, 1.82) is 0 Å². The Labute approximate surface area is 607 Å². The Hall–Kier alpha value is -3.59. The van der Waals surface area contributed by atoms with Crippen molar-refractivity contribution in [2.24, 2.45) is 0 Å². The largest absolute Gasteiger partial charge is 0.756 e. The molecule has 0 bridgehead atoms. The van der Waals surface area contributed by atoms with E-state index in [0.29, 0.717) is 17.4 Å². The van der Waals surface area contributed by atoms with E-state index in [1.165, 1.54) is 244 Å². The van der Waals surface area contributed by atoms with Crippen molar-refractivity contribution < 1.29 is 42.1 Å². The lowest BCUT2D eigenvalue weighted by Gasteiger charge is -2.28. The summed E-state index contributed by atoms with van der Waals surface area (Å²) in [5.74, 6) is -0.823. The molecular formula is C88H156NO8P. The van der Waals surface area contributed by atoms with Gasteiger partial charge in [0.2, 0.25) is 0 Å². The van der Waals surface area contributed by atoms with Crippen LogP contribution in [0.1, 0.15) is 373 Å². The first-order valence-corrected chi connectivity index (χ1v) is 42.7. The minimum atomic E-state index is -4.65. The maximum Gasteiger partial charge on any atom is 0.306 e. The van der Waals surface area contributed by atoms with Gasteiger partial charge in [0.15, 0.2) is 6.10 Å². The van der Waals surface area contributed by atoms with Crippen LogP contribution in [0, 0.1) is 0 Å². The lowest BCUT2D eigenvalue weighted by atomic mass is 10.0. The highest BCUT2D eigenvalue weighted by molar-refractivity contribution is 7.45. The van der Waals surface area contributed by atoms with Crippen LogP contribution in [-0.2, 0) is 32.7 Å². The first-order chi connectivity index (χ1) is 48.0. The number of hydrogen-bond donors (Lipinski definition) is 0. The van der Waals surface area contributed by atoms with Gasteiger partial charge in [-0.2, -0.15) is 0 Å². The van der Waals surface area contributed by atoms with Crippen LogP contribution < -0.4 is 4.89 Å². The number of unbranched alkanes of at least 4 members (excludes halogenated alkanes) is 42. The van der Waals surface area contributed by atoms with E-state index >= 15 is 0 Å². The van der Waals surface area contributed by atoms with Crippen LogP contribution in [-0.4, -0.2) is 70.0 Å². The van der Waals surface area contributed by atoms with Gasteiger partial charge in [0.1, 0.15) is 19.8 Å². The first-order valence-electron chi connectivity index (χ1n) is 41.2. The van der Waals surface area contributed by atoms with E-state index in [9.17, 15) is 19.0 Å². The van der Waals surface area contributed by atoms with E-state index in [4.69, 9.17) is 18.5 Å². The maximum absolute atomic E-state index is 12.9. The maximum atomic E-state index is 12.9. The molecule has 0 spiro atoms. The summed E-state index contributed by atoms with van der Waals surface area (Å²) in [7, 11) is 1.17. The fraction of sp³-hybridized carbons (Fsp3) is 0.750. The molecule has 0 aliphatic rings. The fourth-order valence-corrected chi connectivity index (χ4v) is 12.4. The van der Waals surface area contributed by atoms with Crippen molar-refractivity contribution >= 4 is 19.8 Å². The highest BCUT2D eigenvalue weighted by Gasteiger charge is 2.22. The molecule has 0 heterocycles. The second-order valence-electron chi connectivity index (χ2n) is 28.8. The Kier molecular flexibility index (Phi) is 74.7. The second-order valence-corrected chi connectivity index (χ2v) is 30.2. The highest BCUT2D eigenvalue weighted by Crippen LogP contribution is 2.38. The number of carbonyl (C=O) groups excluding carboxylic acids is 2. The zero-order chi connectivity index (χ0) is 71.1. The van der Waals surface area contributed by atoms with Gasteiger partial charge in [0, 0.05) is 12.8 Å². The van der Waals surface area contributed by atoms with E-state index in [1.54, 1.807) is 0 Å². The summed E-state index contributed by atoms with van der Waals surface area (Å²) in [4.78, 5) is 38.2. The van der Waals surface area contributed by atoms with Gasteiger partial charge < -0.3 is 27.9 Å². The summed E-state index contributed by atoms with van der Waals surface area (Å²) in [6, 6.07) is 0. The van der Waals surface area contributed by atoms with E-state index < -0.39 is 26.5 Å². The number of phosphoric acid groups is 1. The molecule has 0 saturated heterocycles. The van der Waals surface area contributed by atoms with Gasteiger partial charge in [-0.05, 0) is 109 Å². The van der Waals surface area contributed by atoms with E-state index in [-0.39, 0.29) is 32.0 Å². The quantitative estimate of drug-likeness (QED) is 0.0195. The molecule has 2 unspecified atom stereocenters. The first kappa shape index (κ1) is 94.4. The lowest BCUT2D eigenvalue weighted by Crippen LogP contribution is -2.37. The summed E-state index contributed by atoms with van der Waals surface area (Å²) < 4.78 is 34.4. The van der Waals surface area contributed by atoms with Crippen LogP contribution in [0.4, 0.5) is 0 Å². The highest BCUT2D eigenvalue weighted by atomic mass is 31.2. The number of rotatable bonds is 76. The van der Waals surface area contributed by atoms with Crippen molar-refractivity contribution in [3.05, 3.63) is 122 Å². The van der Waals surface area contributed by atoms with Crippen LogP contribution >= 0.6 is 7.82 Å². The number of hydrogen-bond acceptors (Lipinski definition) is 8. The molecule has 566 valence electrons. The molecule has 0 aromatic rings. The molecule has 0 amide bonds. The number of esters is 2. The van der Waals surface area contributed by atoms with Crippen LogP contribution in [0.5, 0.6) is 0 Å². The van der Waals surface area contributed by atoms with Gasteiger partial charge in [0.25, 0.3) is 7.82 Å². The normalized spacial score (nSPS) is 13.7. The number of allylic oxidation sites excluding steroid dienone is 20. The smallest absolute Gasteiger partial charge is 0.306 e. The standard InChI is InChI=1S/C88H156NO8P/c1-6-8-10-12-14-16-18-20-22-24-26-28-30-32-34-36-38-40-41-42-43-44-45-46-47-49-51-53-55-57-59-61-63-65-67-69-71-73-75-77-79-81-88(91)97-86(85-96-98(92,93)95-83-82-89(3,4)5)84-94-87(90)80-78-76-74-72-70-68-66-64-62-60-58-56-54-52-50-48-39-37-35-33-31-29-27-25-23-21-19-17-15-13-11-9-7-2/h8,10,14,16,20,22,25-28,32,34,38,40,42-43,45-46,49,51,86H,6-7,9,11-13,15,17-19,21,23-24,29-31,33,35-37,39,41,44,47-48,50,52-85H2,1-5H3/b10-8-,16-14-,22-20-,27-25-,28-26-,34-32-,40-38-,43-42-,46-45-,51-49-.